The maximum Gasteiger partial charge on any atom is 0.410 e. The van der Waals surface area contributed by atoms with E-state index in [1.807, 2.05) is 51.1 Å². The molecule has 2 aliphatic heterocycles. The van der Waals surface area contributed by atoms with Gasteiger partial charge >= 0.3 is 6.09 Å². The fourth-order valence-electron chi connectivity index (χ4n) is 6.71. The summed E-state index contributed by atoms with van der Waals surface area (Å²) in [4.78, 5) is 47.8. The molecule has 1 N–H and O–H groups in total. The van der Waals surface area contributed by atoms with Gasteiger partial charge in [0.1, 0.15) is 11.4 Å². The van der Waals surface area contributed by atoms with Crippen molar-refractivity contribution in [3.63, 3.8) is 0 Å². The number of hydrogen-bond acceptors (Lipinski definition) is 7. The number of hydrogen-bond donors (Lipinski definition) is 1. The number of H-pyrrole nitrogens is 1. The third-order valence-electron chi connectivity index (χ3n) is 9.45. The summed E-state index contributed by atoms with van der Waals surface area (Å²) < 4.78 is 11.8. The van der Waals surface area contributed by atoms with Crippen LogP contribution in [0, 0.1) is 5.92 Å². The van der Waals surface area contributed by atoms with Crippen LogP contribution in [0.1, 0.15) is 65.9 Å². The van der Waals surface area contributed by atoms with Gasteiger partial charge in [-0.05, 0) is 89.6 Å². The van der Waals surface area contributed by atoms with Crippen molar-refractivity contribution in [3.8, 4) is 17.0 Å². The number of amides is 3. The molecule has 3 heterocycles. The number of aromatic amines is 1. The molecule has 11 heteroatoms. The standard InChI is InChI=1S/C38H50N6O5/c1-37(2,3)49-36(47)42-22-20-41(21-23-42)35(46)38(4,5)48-32-10-6-9-31(24-32)43-19-7-8-29(26-43)34(45)44(30-15-16-30)25-27-11-13-28(14-12-27)33-17-18-39-40-33/h6,9-14,17-18,24,29-30H,7-8,15-16,19-23,25-26H2,1-5H3,(H,39,40)/t29-/m1/s1. The van der Waals surface area contributed by atoms with Crippen molar-refractivity contribution in [2.75, 3.05) is 44.2 Å². The molecule has 2 aromatic carbocycles. The molecule has 262 valence electrons. The lowest BCUT2D eigenvalue weighted by molar-refractivity contribution is -0.147. The van der Waals surface area contributed by atoms with Crippen LogP contribution in [0.2, 0.25) is 0 Å². The van der Waals surface area contributed by atoms with E-state index in [1.165, 1.54) is 0 Å². The molecular formula is C38H50N6O5. The van der Waals surface area contributed by atoms with Gasteiger partial charge in [0, 0.05) is 69.8 Å². The molecule has 3 aliphatic rings. The van der Waals surface area contributed by atoms with Crippen LogP contribution in [-0.2, 0) is 20.9 Å². The number of nitrogens with one attached hydrogen (secondary N) is 1. The maximum atomic E-state index is 14.0. The van der Waals surface area contributed by atoms with E-state index in [1.54, 1.807) is 29.8 Å². The first kappa shape index (κ1) is 34.3. The Bertz CT molecular complexity index is 1600. The van der Waals surface area contributed by atoms with E-state index >= 15 is 0 Å². The van der Waals surface area contributed by atoms with E-state index in [0.717, 1.165) is 54.7 Å². The summed E-state index contributed by atoms with van der Waals surface area (Å²) in [6.45, 7) is 12.9. The van der Waals surface area contributed by atoms with Crippen LogP contribution in [0.3, 0.4) is 0 Å². The number of piperazine rings is 1. The van der Waals surface area contributed by atoms with Crippen LogP contribution in [-0.4, -0.2) is 99.3 Å². The van der Waals surface area contributed by atoms with Crippen molar-refractivity contribution in [2.45, 2.75) is 84.1 Å². The zero-order valence-corrected chi connectivity index (χ0v) is 29.5. The lowest BCUT2D eigenvalue weighted by Gasteiger charge is -2.39. The summed E-state index contributed by atoms with van der Waals surface area (Å²) in [5.74, 6) is 0.632. The van der Waals surface area contributed by atoms with Crippen LogP contribution < -0.4 is 9.64 Å². The summed E-state index contributed by atoms with van der Waals surface area (Å²) in [5.41, 5.74) is 2.49. The molecule has 0 bridgehead atoms. The first-order valence-corrected chi connectivity index (χ1v) is 17.6. The van der Waals surface area contributed by atoms with E-state index in [0.29, 0.717) is 51.1 Å². The Balaban J connectivity index is 1.05. The van der Waals surface area contributed by atoms with E-state index in [-0.39, 0.29) is 23.8 Å². The minimum Gasteiger partial charge on any atom is -0.478 e. The molecule has 0 radical (unpaired) electrons. The zero-order valence-electron chi connectivity index (χ0n) is 29.5. The first-order chi connectivity index (χ1) is 23.4. The molecule has 1 aromatic heterocycles. The summed E-state index contributed by atoms with van der Waals surface area (Å²) in [7, 11) is 0. The Hall–Kier alpha value is -4.54. The molecule has 1 atom stereocenters. The van der Waals surface area contributed by atoms with Gasteiger partial charge in [0.15, 0.2) is 5.60 Å². The second-order valence-corrected chi connectivity index (χ2v) is 15.0. The third-order valence-corrected chi connectivity index (χ3v) is 9.45. The van der Waals surface area contributed by atoms with Crippen molar-refractivity contribution in [3.05, 3.63) is 66.4 Å². The highest BCUT2D eigenvalue weighted by Crippen LogP contribution is 2.34. The summed E-state index contributed by atoms with van der Waals surface area (Å²) in [5, 5.41) is 7.05. The Labute approximate surface area is 289 Å². The average Bonchev–Trinajstić information content (AvgIpc) is 3.78. The highest BCUT2D eigenvalue weighted by molar-refractivity contribution is 5.85. The summed E-state index contributed by atoms with van der Waals surface area (Å²) in [6.07, 6.45) is 5.30. The molecular weight excluding hydrogens is 620 g/mol. The smallest absolute Gasteiger partial charge is 0.410 e. The van der Waals surface area contributed by atoms with Gasteiger partial charge in [0.25, 0.3) is 5.91 Å². The molecule has 1 saturated carbocycles. The van der Waals surface area contributed by atoms with Crippen molar-refractivity contribution >= 4 is 23.6 Å². The second-order valence-electron chi connectivity index (χ2n) is 15.0. The van der Waals surface area contributed by atoms with Crippen molar-refractivity contribution in [1.29, 1.82) is 0 Å². The lowest BCUT2D eigenvalue weighted by atomic mass is 9.95. The number of nitrogens with zero attached hydrogens (tertiary/aromatic N) is 5. The predicted molar refractivity (Wildman–Crippen MR) is 188 cm³/mol. The van der Waals surface area contributed by atoms with Crippen LogP contribution in [0.15, 0.2) is 60.8 Å². The van der Waals surface area contributed by atoms with Gasteiger partial charge < -0.3 is 29.1 Å². The fourth-order valence-corrected chi connectivity index (χ4v) is 6.71. The number of rotatable bonds is 9. The van der Waals surface area contributed by atoms with Gasteiger partial charge in [-0.3, -0.25) is 14.7 Å². The van der Waals surface area contributed by atoms with E-state index in [4.69, 9.17) is 9.47 Å². The lowest BCUT2D eigenvalue weighted by Crippen LogP contribution is -2.57. The number of ether oxygens (including phenoxy) is 2. The van der Waals surface area contributed by atoms with Crippen LogP contribution >= 0.6 is 0 Å². The van der Waals surface area contributed by atoms with Crippen molar-refractivity contribution in [2.24, 2.45) is 5.92 Å². The highest BCUT2D eigenvalue weighted by Gasteiger charge is 2.39. The molecule has 3 aromatic rings. The molecule has 3 fully saturated rings. The van der Waals surface area contributed by atoms with E-state index in [2.05, 4.69) is 44.3 Å². The van der Waals surface area contributed by atoms with Crippen LogP contribution in [0.5, 0.6) is 5.75 Å². The fraction of sp³-hybridized carbons (Fsp3) is 0.526. The third kappa shape index (κ3) is 8.55. The topological polar surface area (TPSA) is 111 Å². The first-order valence-electron chi connectivity index (χ1n) is 17.6. The number of benzene rings is 2. The minimum absolute atomic E-state index is 0.0828. The molecule has 49 heavy (non-hydrogen) atoms. The molecule has 2 saturated heterocycles. The van der Waals surface area contributed by atoms with Gasteiger partial charge in [-0.1, -0.05) is 30.3 Å². The molecule has 6 rings (SSSR count). The summed E-state index contributed by atoms with van der Waals surface area (Å²) in [6, 6.07) is 18.5. The largest absolute Gasteiger partial charge is 0.478 e. The Morgan fingerprint density at radius 2 is 1.61 bits per heavy atom. The Morgan fingerprint density at radius 1 is 0.898 bits per heavy atom. The van der Waals surface area contributed by atoms with Crippen molar-refractivity contribution in [1.82, 2.24) is 24.9 Å². The quantitative estimate of drug-likeness (QED) is 0.310. The number of piperidine rings is 1. The van der Waals surface area contributed by atoms with E-state index in [9.17, 15) is 14.4 Å². The van der Waals surface area contributed by atoms with Crippen molar-refractivity contribution < 1.29 is 23.9 Å². The predicted octanol–water partition coefficient (Wildman–Crippen LogP) is 5.72. The second kappa shape index (κ2) is 14.1. The van der Waals surface area contributed by atoms with Crippen LogP contribution in [0.4, 0.5) is 10.5 Å². The summed E-state index contributed by atoms with van der Waals surface area (Å²) >= 11 is 0. The maximum absolute atomic E-state index is 14.0. The Morgan fingerprint density at radius 3 is 2.27 bits per heavy atom. The van der Waals surface area contributed by atoms with Gasteiger partial charge in [-0.25, -0.2) is 4.79 Å². The van der Waals surface area contributed by atoms with Gasteiger partial charge in [0.2, 0.25) is 5.91 Å². The zero-order chi connectivity index (χ0) is 34.8. The molecule has 0 spiro atoms. The number of carbonyl (C=O) groups is 3. The monoisotopic (exact) mass is 670 g/mol. The number of anilines is 1. The van der Waals surface area contributed by atoms with Gasteiger partial charge in [-0.15, -0.1) is 0 Å². The minimum atomic E-state index is -1.10. The normalized spacial score (nSPS) is 18.6. The molecule has 0 unspecified atom stereocenters. The molecule has 3 amide bonds. The number of carbonyl (C=O) groups excluding carboxylic acids is 3. The SMILES string of the molecule is CC(C)(C)OC(=O)N1CCN(C(=O)C(C)(C)Oc2cccc(N3CCC[C@@H](C(=O)N(Cc4ccc(-c5ccn[nH]5)cc4)C4CC4)C3)c2)CC1. The number of aromatic nitrogens is 2. The van der Waals surface area contributed by atoms with Gasteiger partial charge in [-0.2, -0.15) is 5.10 Å². The van der Waals surface area contributed by atoms with Gasteiger partial charge in [0.05, 0.1) is 11.6 Å². The van der Waals surface area contributed by atoms with Crippen LogP contribution in [0.25, 0.3) is 11.3 Å². The Kier molecular flexibility index (Phi) is 9.90. The average molecular weight is 671 g/mol. The molecule has 1 aliphatic carbocycles. The highest BCUT2D eigenvalue weighted by atomic mass is 16.6. The molecule has 11 nitrogen and oxygen atoms in total. The van der Waals surface area contributed by atoms with E-state index < -0.39 is 11.2 Å².